The smallest absolute Gasteiger partial charge is 0.357 e. The van der Waals surface area contributed by atoms with E-state index < -0.39 is 5.97 Å². The number of hydrogen-bond donors (Lipinski definition) is 0. The molecule has 2 aromatic rings. The molecule has 22 heavy (non-hydrogen) atoms. The van der Waals surface area contributed by atoms with Crippen LogP contribution in [0.25, 0.3) is 11.4 Å². The van der Waals surface area contributed by atoms with Gasteiger partial charge in [0.05, 0.1) is 12.8 Å². The Labute approximate surface area is 140 Å². The highest BCUT2D eigenvalue weighted by atomic mass is 35.5. The second-order valence-electron chi connectivity index (χ2n) is 4.85. The van der Waals surface area contributed by atoms with Gasteiger partial charge >= 0.3 is 5.97 Å². The first-order valence-corrected chi connectivity index (χ1v) is 7.06. The predicted molar refractivity (Wildman–Crippen MR) is 91.0 cm³/mol. The normalized spacial score (nSPS) is 10.3. The highest BCUT2D eigenvalue weighted by molar-refractivity contribution is 7.71. The van der Waals surface area contributed by atoms with Gasteiger partial charge in [0.2, 0.25) is 0 Å². The molecule has 0 aromatic carbocycles. The third-order valence-electron chi connectivity index (χ3n) is 3.38. The summed E-state index contributed by atoms with van der Waals surface area (Å²) in [5.74, 6) is -0.521. The molecule has 0 bridgehead atoms. The summed E-state index contributed by atoms with van der Waals surface area (Å²) in [4.78, 5) is 11.8. The Morgan fingerprint density at radius 2 is 1.91 bits per heavy atom. The fourth-order valence-electron chi connectivity index (χ4n) is 2.40. The summed E-state index contributed by atoms with van der Waals surface area (Å²) in [6, 6.07) is 1.99. The lowest BCUT2D eigenvalue weighted by Gasteiger charge is -2.12. The molecule has 0 radical (unpaired) electrons. The van der Waals surface area contributed by atoms with Gasteiger partial charge in [-0.1, -0.05) is 37.3 Å². The van der Waals surface area contributed by atoms with E-state index in [0.717, 1.165) is 16.8 Å². The minimum atomic E-state index is -0.521. The van der Waals surface area contributed by atoms with Crippen molar-refractivity contribution in [2.45, 2.75) is 21.3 Å². The molecule has 7 heteroatoms. The van der Waals surface area contributed by atoms with Crippen molar-refractivity contribution in [2.75, 3.05) is 7.11 Å². The molecule has 2 rings (SSSR count). The number of hydrogen-bond acceptors (Lipinski definition) is 4. The number of carbonyl (C=O) groups is 1. The highest BCUT2D eigenvalue weighted by Gasteiger charge is 2.24. The first-order valence-electron chi connectivity index (χ1n) is 6.28. The third-order valence-corrected chi connectivity index (χ3v) is 4.33. The van der Waals surface area contributed by atoms with E-state index in [4.69, 9.17) is 28.6 Å². The number of pyridine rings is 1. The van der Waals surface area contributed by atoms with Crippen LogP contribution in [0.5, 0.6) is 0 Å². The summed E-state index contributed by atoms with van der Waals surface area (Å²) >= 11 is 11.7. The van der Waals surface area contributed by atoms with Crippen LogP contribution in [0.1, 0.15) is 29.0 Å². The van der Waals surface area contributed by atoms with Crippen LogP contribution in [0.2, 0.25) is 5.02 Å². The Morgan fingerprint density at radius 3 is 2.45 bits per heavy atom. The Balaban J connectivity index is 0.00000242. The zero-order chi connectivity index (χ0) is 15.9. The molecule has 5 nitrogen and oxygen atoms in total. The Bertz CT molecular complexity index is 793. The summed E-state index contributed by atoms with van der Waals surface area (Å²) in [6.07, 6.45) is 0. The molecule has 0 atom stereocenters. The first-order chi connectivity index (χ1) is 9.79. The zero-order valence-corrected chi connectivity index (χ0v) is 14.1. The molecule has 0 N–H and O–H groups in total. The average Bonchev–Trinajstić information content (AvgIpc) is 2.71. The average molecular weight is 342 g/mol. The molecule has 2 heterocycles. The predicted octanol–water partition coefficient (Wildman–Crippen LogP) is 3.85. The van der Waals surface area contributed by atoms with Crippen molar-refractivity contribution >= 4 is 29.8 Å². The van der Waals surface area contributed by atoms with Crippen LogP contribution in [-0.4, -0.2) is 27.4 Å². The molecule has 120 valence electrons. The van der Waals surface area contributed by atoms with E-state index in [1.54, 1.807) is 7.05 Å². The van der Waals surface area contributed by atoms with Crippen LogP contribution in [0.4, 0.5) is 0 Å². The first kappa shape index (κ1) is 18.4. The van der Waals surface area contributed by atoms with Crippen molar-refractivity contribution in [3.63, 3.8) is 0 Å². The lowest BCUT2D eigenvalue weighted by atomic mass is 10.1. The van der Waals surface area contributed by atoms with Crippen molar-refractivity contribution in [1.29, 1.82) is 0 Å². The van der Waals surface area contributed by atoms with Crippen LogP contribution >= 0.6 is 23.8 Å². The number of methoxy groups -OCH3 is 1. The molecule has 0 spiro atoms. The SMILES string of the molecule is C.COC(=O)c1c(Cl)c(-c2c(C)cc(C)c(=S)n2C)nn1C. The number of ether oxygens (including phenoxy) is 1. The maximum Gasteiger partial charge on any atom is 0.357 e. The summed E-state index contributed by atoms with van der Waals surface area (Å²) in [5, 5.41) is 4.62. The minimum Gasteiger partial charge on any atom is -0.464 e. The molecule has 0 aliphatic carbocycles. The fourth-order valence-corrected chi connectivity index (χ4v) is 2.88. The van der Waals surface area contributed by atoms with Crippen LogP contribution in [0.15, 0.2) is 6.07 Å². The lowest BCUT2D eigenvalue weighted by molar-refractivity contribution is 0.0588. The largest absolute Gasteiger partial charge is 0.464 e. The van der Waals surface area contributed by atoms with E-state index in [1.807, 2.05) is 31.5 Å². The molecular weight excluding hydrogens is 322 g/mol. The van der Waals surface area contributed by atoms with Gasteiger partial charge in [0, 0.05) is 14.1 Å². The molecule has 0 aliphatic heterocycles. The van der Waals surface area contributed by atoms with Gasteiger partial charge in [0.1, 0.15) is 15.4 Å². The molecule has 0 amide bonds. The molecule has 0 fully saturated rings. The van der Waals surface area contributed by atoms with E-state index >= 15 is 0 Å². The standard InChI is InChI=1S/C14H16ClN3O2S.CH4/c1-7-6-8(2)13(21)17(3)11(7)10-9(15)12(14(19)20-5)18(4)16-10;/h6H,1-5H3;1H4. The van der Waals surface area contributed by atoms with E-state index in [1.165, 1.54) is 11.8 Å². The molecule has 2 aromatic heterocycles. The molecular formula is C15H20ClN3O2S. The van der Waals surface area contributed by atoms with Crippen LogP contribution in [0, 0.1) is 18.5 Å². The van der Waals surface area contributed by atoms with Crippen LogP contribution in [0.3, 0.4) is 0 Å². The fraction of sp³-hybridized carbons (Fsp3) is 0.400. The summed E-state index contributed by atoms with van der Waals surface area (Å²) in [5.41, 5.74) is 3.53. The summed E-state index contributed by atoms with van der Waals surface area (Å²) < 4.78 is 8.72. The number of nitrogens with zero attached hydrogens (tertiary/aromatic N) is 3. The second-order valence-corrected chi connectivity index (χ2v) is 5.61. The molecule has 0 saturated carbocycles. The molecule has 0 unspecified atom stereocenters. The quantitative estimate of drug-likeness (QED) is 0.615. The topological polar surface area (TPSA) is 49.1 Å². The number of rotatable bonds is 2. The van der Waals surface area contributed by atoms with E-state index in [9.17, 15) is 4.79 Å². The van der Waals surface area contributed by atoms with Gasteiger partial charge in [0.25, 0.3) is 0 Å². The highest BCUT2D eigenvalue weighted by Crippen LogP contribution is 2.32. The van der Waals surface area contributed by atoms with Gasteiger partial charge in [-0.25, -0.2) is 4.79 Å². The minimum absolute atomic E-state index is 0. The van der Waals surface area contributed by atoms with Crippen molar-refractivity contribution in [3.05, 3.63) is 32.6 Å². The number of esters is 1. The second kappa shape index (κ2) is 6.62. The van der Waals surface area contributed by atoms with Gasteiger partial charge in [-0.2, -0.15) is 5.10 Å². The lowest BCUT2D eigenvalue weighted by Crippen LogP contribution is -2.08. The van der Waals surface area contributed by atoms with Gasteiger partial charge in [0.15, 0.2) is 5.69 Å². The summed E-state index contributed by atoms with van der Waals surface area (Å²) in [7, 11) is 4.82. The zero-order valence-electron chi connectivity index (χ0n) is 12.5. The Hall–Kier alpha value is -1.66. The maximum atomic E-state index is 11.8. The van der Waals surface area contributed by atoms with Gasteiger partial charge in [-0.05, 0) is 25.0 Å². The Morgan fingerprint density at radius 1 is 1.32 bits per heavy atom. The molecule has 0 aliphatic rings. The van der Waals surface area contributed by atoms with E-state index in [-0.39, 0.29) is 18.1 Å². The number of halogens is 1. The summed E-state index contributed by atoms with van der Waals surface area (Å²) in [6.45, 7) is 3.92. The van der Waals surface area contributed by atoms with E-state index in [0.29, 0.717) is 10.3 Å². The maximum absolute atomic E-state index is 11.8. The number of aromatic nitrogens is 3. The van der Waals surface area contributed by atoms with Gasteiger partial charge in [-0.15, -0.1) is 0 Å². The monoisotopic (exact) mass is 341 g/mol. The van der Waals surface area contributed by atoms with Crippen molar-refractivity contribution in [3.8, 4) is 11.4 Å². The number of aryl methyl sites for hydroxylation is 3. The van der Waals surface area contributed by atoms with E-state index in [2.05, 4.69) is 5.10 Å². The van der Waals surface area contributed by atoms with Crippen LogP contribution in [-0.2, 0) is 18.8 Å². The van der Waals surface area contributed by atoms with Crippen molar-refractivity contribution < 1.29 is 9.53 Å². The van der Waals surface area contributed by atoms with Gasteiger partial charge < -0.3 is 9.30 Å². The van der Waals surface area contributed by atoms with Gasteiger partial charge in [-0.3, -0.25) is 4.68 Å². The van der Waals surface area contributed by atoms with Crippen molar-refractivity contribution in [1.82, 2.24) is 14.3 Å². The van der Waals surface area contributed by atoms with Crippen LogP contribution < -0.4 is 0 Å². The van der Waals surface area contributed by atoms with Crippen molar-refractivity contribution in [2.24, 2.45) is 14.1 Å². The Kier molecular flexibility index (Phi) is 5.54. The molecule has 0 saturated heterocycles. The number of carbonyl (C=O) groups excluding carboxylic acids is 1. The third kappa shape index (κ3) is 2.80.